The van der Waals surface area contributed by atoms with Crippen LogP contribution >= 0.6 is 0 Å². The minimum absolute atomic E-state index is 0.155. The maximum absolute atomic E-state index is 13.0. The van der Waals surface area contributed by atoms with E-state index in [1.54, 1.807) is 12.1 Å². The number of carbonyl (C=O) groups is 2. The molecule has 3 rings (SSSR count). The van der Waals surface area contributed by atoms with Gasteiger partial charge in [0.15, 0.2) is 5.75 Å². The second-order valence-electron chi connectivity index (χ2n) is 6.05. The van der Waals surface area contributed by atoms with Gasteiger partial charge < -0.3 is 14.8 Å². The number of halogens is 3. The van der Waals surface area contributed by atoms with E-state index >= 15 is 0 Å². The first-order chi connectivity index (χ1) is 13.3. The average molecular weight is 394 g/mol. The molecule has 148 valence electrons. The highest BCUT2D eigenvalue weighted by molar-refractivity contribution is 5.98. The predicted molar refractivity (Wildman–Crippen MR) is 93.8 cm³/mol. The van der Waals surface area contributed by atoms with E-state index in [4.69, 9.17) is 4.74 Å². The SMILES string of the molecule is COC(=O)N1CCc2ccccc2[C@@H]1C(=O)Nc1ccccc1OC(F)(F)F. The number of carbonyl (C=O) groups excluding carboxylic acids is 2. The Balaban J connectivity index is 1.93. The fourth-order valence-electron chi connectivity index (χ4n) is 3.15. The lowest BCUT2D eigenvalue weighted by molar-refractivity contribution is -0.274. The molecule has 0 fully saturated rings. The number of fused-ring (bicyclic) bond motifs is 1. The lowest BCUT2D eigenvalue weighted by atomic mass is 9.92. The molecule has 2 amide bonds. The van der Waals surface area contributed by atoms with Crippen molar-refractivity contribution in [2.75, 3.05) is 19.0 Å². The molecule has 1 N–H and O–H groups in total. The number of hydrogen-bond donors (Lipinski definition) is 1. The number of nitrogens with zero attached hydrogens (tertiary/aromatic N) is 1. The molecule has 0 unspecified atom stereocenters. The summed E-state index contributed by atoms with van der Waals surface area (Å²) in [5.74, 6) is -1.21. The Hall–Kier alpha value is -3.23. The Bertz CT molecular complexity index is 885. The van der Waals surface area contributed by atoms with Crippen LogP contribution in [-0.4, -0.2) is 36.9 Å². The predicted octanol–water partition coefficient (Wildman–Crippen LogP) is 3.89. The number of ether oxygens (including phenoxy) is 2. The number of rotatable bonds is 3. The molecule has 2 aromatic rings. The van der Waals surface area contributed by atoms with E-state index in [1.165, 1.54) is 30.2 Å². The number of anilines is 1. The zero-order chi connectivity index (χ0) is 20.3. The van der Waals surface area contributed by atoms with E-state index in [0.717, 1.165) is 11.6 Å². The zero-order valence-corrected chi connectivity index (χ0v) is 14.8. The van der Waals surface area contributed by atoms with Crippen molar-refractivity contribution in [2.24, 2.45) is 0 Å². The molecule has 0 saturated carbocycles. The molecule has 2 aromatic carbocycles. The van der Waals surface area contributed by atoms with Crippen LogP contribution in [-0.2, 0) is 16.0 Å². The molecule has 1 atom stereocenters. The number of alkyl halides is 3. The fraction of sp³-hybridized carbons (Fsp3) is 0.263. The Morgan fingerprint density at radius 3 is 2.50 bits per heavy atom. The molecule has 0 saturated heterocycles. The van der Waals surface area contributed by atoms with Crippen molar-refractivity contribution in [3.63, 3.8) is 0 Å². The van der Waals surface area contributed by atoms with Crippen molar-refractivity contribution >= 4 is 17.7 Å². The highest BCUT2D eigenvalue weighted by atomic mass is 19.4. The number of hydrogen-bond acceptors (Lipinski definition) is 4. The Labute approximate surface area is 158 Å². The first-order valence-corrected chi connectivity index (χ1v) is 8.38. The van der Waals surface area contributed by atoms with Gasteiger partial charge in [-0.2, -0.15) is 0 Å². The molecule has 0 aromatic heterocycles. The van der Waals surface area contributed by atoms with Gasteiger partial charge >= 0.3 is 12.5 Å². The van der Waals surface area contributed by atoms with Gasteiger partial charge in [0.1, 0.15) is 6.04 Å². The molecular weight excluding hydrogens is 377 g/mol. The summed E-state index contributed by atoms with van der Waals surface area (Å²) in [6, 6.07) is 11.2. The van der Waals surface area contributed by atoms with Crippen LogP contribution in [0.15, 0.2) is 48.5 Å². The quantitative estimate of drug-likeness (QED) is 0.858. The molecular formula is C19H17F3N2O4. The Morgan fingerprint density at radius 2 is 1.79 bits per heavy atom. The van der Waals surface area contributed by atoms with Gasteiger partial charge in [-0.25, -0.2) is 4.79 Å². The van der Waals surface area contributed by atoms with Crippen molar-refractivity contribution in [3.05, 3.63) is 59.7 Å². The first kappa shape index (κ1) is 19.5. The van der Waals surface area contributed by atoms with E-state index < -0.39 is 30.2 Å². The normalized spacial score (nSPS) is 16.1. The molecule has 0 spiro atoms. The average Bonchev–Trinajstić information content (AvgIpc) is 2.66. The highest BCUT2D eigenvalue weighted by Crippen LogP contribution is 2.34. The lowest BCUT2D eigenvalue weighted by Crippen LogP contribution is -2.45. The molecule has 0 bridgehead atoms. The summed E-state index contributed by atoms with van der Waals surface area (Å²) < 4.78 is 46.6. The monoisotopic (exact) mass is 394 g/mol. The number of amides is 2. The van der Waals surface area contributed by atoms with Crippen molar-refractivity contribution in [1.29, 1.82) is 0 Å². The van der Waals surface area contributed by atoms with Gasteiger partial charge in [0.05, 0.1) is 12.8 Å². The van der Waals surface area contributed by atoms with Crippen molar-refractivity contribution in [1.82, 2.24) is 4.90 Å². The van der Waals surface area contributed by atoms with E-state index in [1.807, 2.05) is 12.1 Å². The number of nitrogens with one attached hydrogen (secondary N) is 1. The van der Waals surface area contributed by atoms with Gasteiger partial charge in [-0.3, -0.25) is 9.69 Å². The van der Waals surface area contributed by atoms with Crippen LogP contribution in [0.4, 0.5) is 23.7 Å². The summed E-state index contributed by atoms with van der Waals surface area (Å²) in [6.07, 6.45) is -5.08. The number of benzene rings is 2. The third-order valence-electron chi connectivity index (χ3n) is 4.31. The fourth-order valence-corrected chi connectivity index (χ4v) is 3.15. The molecule has 1 aliphatic heterocycles. The Kier molecular flexibility index (Phi) is 5.43. The second kappa shape index (κ2) is 7.79. The third-order valence-corrected chi connectivity index (χ3v) is 4.31. The smallest absolute Gasteiger partial charge is 0.453 e. The van der Waals surface area contributed by atoms with Gasteiger partial charge in [0.25, 0.3) is 5.91 Å². The summed E-state index contributed by atoms with van der Waals surface area (Å²) in [6.45, 7) is 0.239. The topological polar surface area (TPSA) is 67.9 Å². The number of methoxy groups -OCH3 is 1. The minimum Gasteiger partial charge on any atom is -0.453 e. The molecule has 28 heavy (non-hydrogen) atoms. The van der Waals surface area contributed by atoms with Crippen molar-refractivity contribution in [3.8, 4) is 5.75 Å². The summed E-state index contributed by atoms with van der Waals surface area (Å²) in [5.41, 5.74) is 1.31. The van der Waals surface area contributed by atoms with Gasteiger partial charge in [-0.05, 0) is 29.7 Å². The maximum Gasteiger partial charge on any atom is 0.573 e. The van der Waals surface area contributed by atoms with Crippen LogP contribution in [0.5, 0.6) is 5.75 Å². The van der Waals surface area contributed by atoms with Gasteiger partial charge in [-0.1, -0.05) is 36.4 Å². The molecule has 0 radical (unpaired) electrons. The largest absolute Gasteiger partial charge is 0.573 e. The highest BCUT2D eigenvalue weighted by Gasteiger charge is 2.37. The van der Waals surface area contributed by atoms with E-state index in [0.29, 0.717) is 12.0 Å². The van der Waals surface area contributed by atoms with Gasteiger partial charge in [0.2, 0.25) is 0 Å². The first-order valence-electron chi connectivity index (χ1n) is 8.38. The Morgan fingerprint density at radius 1 is 1.11 bits per heavy atom. The van der Waals surface area contributed by atoms with E-state index in [9.17, 15) is 22.8 Å². The van der Waals surface area contributed by atoms with Gasteiger partial charge in [0, 0.05) is 6.54 Å². The van der Waals surface area contributed by atoms with Crippen LogP contribution in [0.1, 0.15) is 17.2 Å². The summed E-state index contributed by atoms with van der Waals surface area (Å²) >= 11 is 0. The van der Waals surface area contributed by atoms with Gasteiger partial charge in [-0.15, -0.1) is 13.2 Å². The molecule has 9 heteroatoms. The maximum atomic E-state index is 13.0. The van der Waals surface area contributed by atoms with E-state index in [-0.39, 0.29) is 12.2 Å². The zero-order valence-electron chi connectivity index (χ0n) is 14.8. The molecule has 1 heterocycles. The van der Waals surface area contributed by atoms with Crippen LogP contribution < -0.4 is 10.1 Å². The van der Waals surface area contributed by atoms with Crippen LogP contribution in [0.3, 0.4) is 0 Å². The van der Waals surface area contributed by atoms with Crippen molar-refractivity contribution < 1.29 is 32.2 Å². The second-order valence-corrected chi connectivity index (χ2v) is 6.05. The van der Waals surface area contributed by atoms with Crippen LogP contribution in [0.25, 0.3) is 0 Å². The minimum atomic E-state index is -4.91. The summed E-state index contributed by atoms with van der Waals surface area (Å²) in [5, 5.41) is 2.44. The standard InChI is InChI=1S/C19H17F3N2O4/c1-27-18(26)24-11-10-12-6-2-3-7-13(12)16(24)17(25)23-14-8-4-5-9-15(14)28-19(20,21)22/h2-9,16H,10-11H2,1H3,(H,23,25)/t16-/m1/s1. The molecule has 6 nitrogen and oxygen atoms in total. The molecule has 1 aliphatic rings. The van der Waals surface area contributed by atoms with Crippen molar-refractivity contribution in [2.45, 2.75) is 18.8 Å². The lowest BCUT2D eigenvalue weighted by Gasteiger charge is -2.35. The van der Waals surface area contributed by atoms with Crippen LogP contribution in [0, 0.1) is 0 Å². The summed E-state index contributed by atoms with van der Waals surface area (Å²) in [7, 11) is 1.20. The third kappa shape index (κ3) is 4.19. The molecule has 0 aliphatic carbocycles. The van der Waals surface area contributed by atoms with E-state index in [2.05, 4.69) is 10.1 Å². The summed E-state index contributed by atoms with van der Waals surface area (Å²) in [4.78, 5) is 26.4. The van der Waals surface area contributed by atoms with Crippen LogP contribution in [0.2, 0.25) is 0 Å². The number of para-hydroxylation sites is 2.